The van der Waals surface area contributed by atoms with Gasteiger partial charge in [-0.2, -0.15) is 0 Å². The number of methoxy groups -OCH3 is 1. The summed E-state index contributed by atoms with van der Waals surface area (Å²) >= 11 is 0. The fourth-order valence-electron chi connectivity index (χ4n) is 5.43. The minimum Gasteiger partial charge on any atom is -0.383 e. The zero-order chi connectivity index (χ0) is 25.8. The molecule has 4 aromatic rings. The Labute approximate surface area is 217 Å². The van der Waals surface area contributed by atoms with E-state index >= 15 is 0 Å². The third-order valence-electron chi connectivity index (χ3n) is 7.29. The fraction of sp³-hybridized carbons (Fsp3) is 0.290. The molecule has 3 atom stereocenters. The van der Waals surface area contributed by atoms with Gasteiger partial charge in [0.2, 0.25) is 5.91 Å². The number of ether oxygens (including phenoxy) is 1. The molecule has 3 aromatic carbocycles. The molecule has 1 aliphatic rings. The average Bonchev–Trinajstić information content (AvgIpc) is 3.35. The summed E-state index contributed by atoms with van der Waals surface area (Å²) in [5.74, 6) is -0.702. The fourth-order valence-corrected chi connectivity index (χ4v) is 5.43. The number of hydrogen-bond acceptors (Lipinski definition) is 3. The van der Waals surface area contributed by atoms with E-state index in [2.05, 4.69) is 22.4 Å². The van der Waals surface area contributed by atoms with Crippen molar-refractivity contribution in [2.75, 3.05) is 20.3 Å². The van der Waals surface area contributed by atoms with Crippen LogP contribution in [0, 0.1) is 0 Å². The molecule has 190 valence electrons. The van der Waals surface area contributed by atoms with E-state index in [1.165, 1.54) is 5.56 Å². The summed E-state index contributed by atoms with van der Waals surface area (Å²) in [5.41, 5.74) is 4.51. The standard InChI is InChI=1S/C31H33N3O3/c1-21(16-17-22-10-4-3-5-11-22)33-30(35)28-24-13-6-7-14-25(24)31(36)34(18-19-37-2)29(28)26-20-32-27-15-9-8-12-23(26)27/h3-15,20-21,28-29,32H,16-19H2,1-2H3,(H,33,35). The summed E-state index contributed by atoms with van der Waals surface area (Å²) in [6.07, 6.45) is 3.65. The first-order chi connectivity index (χ1) is 18.1. The monoisotopic (exact) mass is 495 g/mol. The number of para-hydroxylation sites is 1. The second-order valence-corrected chi connectivity index (χ2v) is 9.72. The minimum atomic E-state index is -0.552. The second kappa shape index (κ2) is 11.0. The highest BCUT2D eigenvalue weighted by atomic mass is 16.5. The Hall–Kier alpha value is -3.90. The number of aromatic amines is 1. The van der Waals surface area contributed by atoms with E-state index in [4.69, 9.17) is 4.74 Å². The van der Waals surface area contributed by atoms with Crippen LogP contribution in [0.5, 0.6) is 0 Å². The van der Waals surface area contributed by atoms with Crippen LogP contribution >= 0.6 is 0 Å². The third-order valence-corrected chi connectivity index (χ3v) is 7.29. The van der Waals surface area contributed by atoms with Gasteiger partial charge >= 0.3 is 0 Å². The van der Waals surface area contributed by atoms with Gasteiger partial charge in [0.05, 0.1) is 18.6 Å². The molecule has 0 saturated carbocycles. The number of nitrogens with zero attached hydrogens (tertiary/aromatic N) is 1. The highest BCUT2D eigenvalue weighted by molar-refractivity contribution is 6.02. The van der Waals surface area contributed by atoms with E-state index < -0.39 is 12.0 Å². The van der Waals surface area contributed by atoms with Gasteiger partial charge in [-0.05, 0) is 43.0 Å². The van der Waals surface area contributed by atoms with Crippen molar-refractivity contribution in [3.63, 3.8) is 0 Å². The summed E-state index contributed by atoms with van der Waals surface area (Å²) in [7, 11) is 1.63. The Morgan fingerprint density at radius 2 is 1.73 bits per heavy atom. The SMILES string of the molecule is COCCN1C(=O)c2ccccc2C(C(=O)NC(C)CCc2ccccc2)C1c1c[nH]c2ccccc12. The van der Waals surface area contributed by atoms with Crippen molar-refractivity contribution in [3.05, 3.63) is 107 Å². The lowest BCUT2D eigenvalue weighted by Gasteiger charge is -2.41. The third kappa shape index (κ3) is 5.02. The van der Waals surface area contributed by atoms with Crippen LogP contribution in [0.15, 0.2) is 85.1 Å². The van der Waals surface area contributed by atoms with Gasteiger partial charge in [-0.3, -0.25) is 9.59 Å². The van der Waals surface area contributed by atoms with Crippen LogP contribution in [0.3, 0.4) is 0 Å². The van der Waals surface area contributed by atoms with Gasteiger partial charge in [-0.1, -0.05) is 66.7 Å². The molecule has 0 bridgehead atoms. The molecule has 6 heteroatoms. The molecule has 0 spiro atoms. The maximum Gasteiger partial charge on any atom is 0.254 e. The number of amides is 2. The lowest BCUT2D eigenvalue weighted by molar-refractivity contribution is -0.125. The average molecular weight is 496 g/mol. The summed E-state index contributed by atoms with van der Waals surface area (Å²) in [6.45, 7) is 2.82. The van der Waals surface area contributed by atoms with Crippen molar-refractivity contribution >= 4 is 22.7 Å². The lowest BCUT2D eigenvalue weighted by atomic mass is 9.79. The molecule has 37 heavy (non-hydrogen) atoms. The van der Waals surface area contributed by atoms with Gasteiger partial charge in [-0.25, -0.2) is 0 Å². The van der Waals surface area contributed by atoms with Crippen LogP contribution < -0.4 is 5.32 Å². The molecule has 3 unspecified atom stereocenters. The van der Waals surface area contributed by atoms with Crippen LogP contribution in [0.1, 0.15) is 52.4 Å². The first kappa shape index (κ1) is 24.8. The van der Waals surface area contributed by atoms with Crippen LogP contribution in [-0.2, 0) is 16.0 Å². The normalized spacial score (nSPS) is 18.0. The molecular weight excluding hydrogens is 462 g/mol. The van der Waals surface area contributed by atoms with Crippen molar-refractivity contribution < 1.29 is 14.3 Å². The molecule has 0 fully saturated rings. The number of nitrogens with one attached hydrogen (secondary N) is 2. The van der Waals surface area contributed by atoms with E-state index in [1.54, 1.807) is 12.0 Å². The van der Waals surface area contributed by atoms with Gasteiger partial charge in [-0.15, -0.1) is 0 Å². The van der Waals surface area contributed by atoms with Crippen molar-refractivity contribution in [2.45, 2.75) is 37.8 Å². The molecule has 2 amide bonds. The number of fused-ring (bicyclic) bond motifs is 2. The largest absolute Gasteiger partial charge is 0.383 e. The number of benzene rings is 3. The number of aryl methyl sites for hydroxylation is 1. The van der Waals surface area contributed by atoms with Gasteiger partial charge in [0.1, 0.15) is 0 Å². The number of rotatable bonds is 9. The molecule has 2 N–H and O–H groups in total. The molecule has 0 saturated heterocycles. The quantitative estimate of drug-likeness (QED) is 0.334. The summed E-state index contributed by atoms with van der Waals surface area (Å²) in [4.78, 5) is 32.9. The Balaban J connectivity index is 1.52. The molecule has 1 aromatic heterocycles. The maximum atomic E-state index is 14.1. The van der Waals surface area contributed by atoms with E-state index in [-0.39, 0.29) is 17.9 Å². The first-order valence-corrected chi connectivity index (χ1v) is 12.9. The topological polar surface area (TPSA) is 74.4 Å². The maximum absolute atomic E-state index is 14.1. The smallest absolute Gasteiger partial charge is 0.254 e. The number of aromatic nitrogens is 1. The molecule has 0 aliphatic carbocycles. The predicted molar refractivity (Wildman–Crippen MR) is 146 cm³/mol. The van der Waals surface area contributed by atoms with Gasteiger partial charge in [0, 0.05) is 47.9 Å². The zero-order valence-corrected chi connectivity index (χ0v) is 21.3. The zero-order valence-electron chi connectivity index (χ0n) is 21.3. The van der Waals surface area contributed by atoms with Gasteiger partial charge < -0.3 is 19.9 Å². The minimum absolute atomic E-state index is 0.0199. The van der Waals surface area contributed by atoms with Crippen molar-refractivity contribution in [1.29, 1.82) is 0 Å². The van der Waals surface area contributed by atoms with E-state index in [0.29, 0.717) is 18.7 Å². The van der Waals surface area contributed by atoms with E-state index in [9.17, 15) is 9.59 Å². The Morgan fingerprint density at radius 1 is 1.00 bits per heavy atom. The number of carbonyl (C=O) groups is 2. The van der Waals surface area contributed by atoms with Gasteiger partial charge in [0.15, 0.2) is 0 Å². The van der Waals surface area contributed by atoms with Crippen molar-refractivity contribution in [2.24, 2.45) is 0 Å². The highest BCUT2D eigenvalue weighted by Crippen LogP contribution is 2.44. The number of hydrogen-bond donors (Lipinski definition) is 2. The molecule has 6 nitrogen and oxygen atoms in total. The van der Waals surface area contributed by atoms with E-state index in [0.717, 1.165) is 34.9 Å². The van der Waals surface area contributed by atoms with Gasteiger partial charge in [0.25, 0.3) is 5.91 Å². The van der Waals surface area contributed by atoms with Crippen molar-refractivity contribution in [3.8, 4) is 0 Å². The number of H-pyrrole nitrogens is 1. The Kier molecular flexibility index (Phi) is 7.37. The van der Waals surface area contributed by atoms with Crippen LogP contribution in [0.2, 0.25) is 0 Å². The number of carbonyl (C=O) groups excluding carboxylic acids is 2. The van der Waals surface area contributed by atoms with E-state index in [1.807, 2.05) is 79.9 Å². The highest BCUT2D eigenvalue weighted by Gasteiger charge is 2.45. The predicted octanol–water partition coefficient (Wildman–Crippen LogP) is 5.23. The van der Waals surface area contributed by atoms with Crippen LogP contribution in [0.25, 0.3) is 10.9 Å². The first-order valence-electron chi connectivity index (χ1n) is 12.9. The van der Waals surface area contributed by atoms with Crippen LogP contribution in [-0.4, -0.2) is 48.0 Å². The molecule has 2 heterocycles. The summed E-state index contributed by atoms with van der Waals surface area (Å²) in [5, 5.41) is 4.29. The van der Waals surface area contributed by atoms with Crippen molar-refractivity contribution in [1.82, 2.24) is 15.2 Å². The Morgan fingerprint density at radius 3 is 2.54 bits per heavy atom. The second-order valence-electron chi connectivity index (χ2n) is 9.72. The summed E-state index contributed by atoms with van der Waals surface area (Å²) in [6, 6.07) is 25.3. The van der Waals surface area contributed by atoms with Crippen LogP contribution in [0.4, 0.5) is 0 Å². The molecule has 0 radical (unpaired) electrons. The molecular formula is C31H33N3O3. The molecule has 1 aliphatic heterocycles. The Bertz CT molecular complexity index is 1380. The molecule has 5 rings (SSSR count). The summed E-state index contributed by atoms with van der Waals surface area (Å²) < 4.78 is 5.37. The lowest BCUT2D eigenvalue weighted by Crippen LogP contribution is -2.49.